The van der Waals surface area contributed by atoms with Crippen LogP contribution in [0.25, 0.3) is 0 Å². The van der Waals surface area contributed by atoms with E-state index in [2.05, 4.69) is 24.8 Å². The Balaban J connectivity index is 4.14. The molecule has 0 unspecified atom stereocenters. The van der Waals surface area contributed by atoms with E-state index in [-0.39, 0.29) is 15.0 Å². The maximum atomic E-state index is 10.2. The van der Waals surface area contributed by atoms with Crippen molar-refractivity contribution in [2.24, 2.45) is 0 Å². The van der Waals surface area contributed by atoms with Crippen LogP contribution < -0.4 is 0 Å². The number of thiol groups is 2. The first-order valence-corrected chi connectivity index (χ1v) is 5.41. The number of thiocarbonyl (C=S) groups is 1. The fraction of sp³-hybridized carbons (Fsp3) is 0.400. The van der Waals surface area contributed by atoms with Gasteiger partial charge in [0.15, 0.2) is 0 Å². The molecule has 0 aromatic carbocycles. The van der Waals surface area contributed by atoms with Crippen molar-refractivity contribution in [2.75, 3.05) is 11.5 Å². The minimum absolute atomic E-state index is 0.190. The summed E-state index contributed by atoms with van der Waals surface area (Å²) in [6.07, 6.45) is 0. The summed E-state index contributed by atoms with van der Waals surface area (Å²) in [7, 11) is -1.30. The summed E-state index contributed by atoms with van der Waals surface area (Å²) in [4.78, 5) is 20.5. The smallest absolute Gasteiger partial charge is 0.312 e. The van der Waals surface area contributed by atoms with Gasteiger partial charge in [0, 0.05) is 0 Å². The monoisotopic (exact) mass is 228 g/mol. The standard InChI is InChI=1S/C5H8O4S3/c6-3(7)1-12(5(10)11)2-4(8)9/h12H,1-2H2,(H,6,7)(H,8,9)(H,10,11). The molecule has 0 fully saturated rings. The Hall–Kier alpha value is -0.270. The Kier molecular flexibility index (Phi) is 5.27. The van der Waals surface area contributed by atoms with Crippen LogP contribution in [0.4, 0.5) is 0 Å². The van der Waals surface area contributed by atoms with Crippen molar-refractivity contribution in [1.29, 1.82) is 0 Å². The molecule has 0 spiro atoms. The van der Waals surface area contributed by atoms with Crippen LogP contribution in [-0.2, 0) is 9.59 Å². The Morgan fingerprint density at radius 2 is 1.58 bits per heavy atom. The van der Waals surface area contributed by atoms with Crippen LogP contribution in [0.1, 0.15) is 0 Å². The van der Waals surface area contributed by atoms with Crippen molar-refractivity contribution in [3.8, 4) is 0 Å². The highest BCUT2D eigenvalue weighted by molar-refractivity contribution is 8.50. The van der Waals surface area contributed by atoms with E-state index in [1.807, 2.05) is 0 Å². The summed E-state index contributed by atoms with van der Waals surface area (Å²) in [6.45, 7) is 0. The maximum Gasteiger partial charge on any atom is 0.312 e. The lowest BCUT2D eigenvalue weighted by atomic mass is 10.8. The molecule has 0 aromatic rings. The van der Waals surface area contributed by atoms with E-state index in [1.54, 1.807) is 0 Å². The van der Waals surface area contributed by atoms with Crippen molar-refractivity contribution >= 4 is 51.2 Å². The molecule has 70 valence electrons. The lowest BCUT2D eigenvalue weighted by Crippen LogP contribution is -2.13. The molecule has 0 saturated heterocycles. The van der Waals surface area contributed by atoms with E-state index in [4.69, 9.17) is 10.2 Å². The average Bonchev–Trinajstić information content (AvgIpc) is 1.83. The molecule has 7 heteroatoms. The number of hydrogen-bond donors (Lipinski definition) is 4. The summed E-state index contributed by atoms with van der Waals surface area (Å²) in [5, 5.41) is 16.8. The predicted molar refractivity (Wildman–Crippen MR) is 55.6 cm³/mol. The van der Waals surface area contributed by atoms with E-state index in [1.165, 1.54) is 0 Å². The quantitative estimate of drug-likeness (QED) is 0.413. The van der Waals surface area contributed by atoms with Crippen LogP contribution >= 0.6 is 35.7 Å². The summed E-state index contributed by atoms with van der Waals surface area (Å²) in [5.74, 6) is -2.52. The van der Waals surface area contributed by atoms with Crippen molar-refractivity contribution in [2.45, 2.75) is 0 Å². The zero-order valence-electron chi connectivity index (χ0n) is 5.93. The third-order valence-electron chi connectivity index (χ3n) is 0.923. The van der Waals surface area contributed by atoms with Gasteiger partial charge in [-0.15, -0.1) is 12.6 Å². The number of carboxylic acids is 2. The Morgan fingerprint density at radius 3 is 1.75 bits per heavy atom. The van der Waals surface area contributed by atoms with Crippen molar-refractivity contribution in [3.63, 3.8) is 0 Å². The highest BCUT2D eigenvalue weighted by Crippen LogP contribution is 2.28. The molecule has 0 atom stereocenters. The molecular weight excluding hydrogens is 220 g/mol. The number of rotatable bonds is 4. The van der Waals surface area contributed by atoms with Gasteiger partial charge < -0.3 is 10.2 Å². The molecule has 0 aliphatic rings. The third kappa shape index (κ3) is 5.39. The van der Waals surface area contributed by atoms with Crippen molar-refractivity contribution in [1.82, 2.24) is 0 Å². The van der Waals surface area contributed by atoms with E-state index in [9.17, 15) is 9.59 Å². The molecule has 4 nitrogen and oxygen atoms in total. The van der Waals surface area contributed by atoms with E-state index < -0.39 is 22.8 Å². The van der Waals surface area contributed by atoms with E-state index in [0.717, 1.165) is 0 Å². The van der Waals surface area contributed by atoms with Crippen LogP contribution in [0.2, 0.25) is 0 Å². The summed E-state index contributed by atoms with van der Waals surface area (Å²) >= 11 is 8.40. The molecule has 0 saturated carbocycles. The molecule has 2 N–H and O–H groups in total. The average molecular weight is 228 g/mol. The van der Waals surface area contributed by atoms with Gasteiger partial charge in [0.25, 0.3) is 0 Å². The van der Waals surface area contributed by atoms with Crippen LogP contribution in [0.3, 0.4) is 0 Å². The Bertz CT molecular complexity index is 199. The lowest BCUT2D eigenvalue weighted by molar-refractivity contribution is -0.134. The van der Waals surface area contributed by atoms with E-state index >= 15 is 0 Å². The van der Waals surface area contributed by atoms with Gasteiger partial charge in [0.05, 0.1) is 15.0 Å². The maximum absolute atomic E-state index is 10.2. The normalized spacial score (nSPS) is 10.6. The molecule has 0 aliphatic carbocycles. The van der Waals surface area contributed by atoms with Gasteiger partial charge in [-0.05, 0) is 0 Å². The minimum atomic E-state index is -1.30. The first-order valence-electron chi connectivity index (χ1n) is 2.85. The molecule has 0 aliphatic heterocycles. The van der Waals surface area contributed by atoms with Gasteiger partial charge >= 0.3 is 11.9 Å². The number of carboxylic acid groups (broad SMARTS) is 2. The van der Waals surface area contributed by atoms with Gasteiger partial charge in [-0.1, -0.05) is 12.2 Å². The first kappa shape index (κ1) is 11.7. The summed E-state index contributed by atoms with van der Waals surface area (Å²) in [5.41, 5.74) is 0. The fourth-order valence-corrected chi connectivity index (χ4v) is 2.36. The van der Waals surface area contributed by atoms with Gasteiger partial charge in [-0.25, -0.2) is 0 Å². The predicted octanol–water partition coefficient (Wildman–Crippen LogP) is 0.372. The van der Waals surface area contributed by atoms with Gasteiger partial charge in [0.2, 0.25) is 0 Å². The van der Waals surface area contributed by atoms with Gasteiger partial charge in [-0.2, -0.15) is 10.9 Å². The molecule has 0 rings (SSSR count). The molecule has 0 heterocycles. The molecule has 0 bridgehead atoms. The van der Waals surface area contributed by atoms with Crippen LogP contribution in [0.15, 0.2) is 0 Å². The second-order valence-corrected chi connectivity index (χ2v) is 5.90. The first-order chi connectivity index (χ1) is 5.43. The highest BCUT2D eigenvalue weighted by Gasteiger charge is 2.14. The summed E-state index contributed by atoms with van der Waals surface area (Å²) < 4.78 is 0.190. The molecular formula is C5H8O4S3. The zero-order valence-corrected chi connectivity index (χ0v) is 8.53. The molecule has 0 amide bonds. The zero-order chi connectivity index (χ0) is 9.72. The van der Waals surface area contributed by atoms with Gasteiger partial charge in [-0.3, -0.25) is 9.59 Å². The SMILES string of the molecule is O=C(O)C[SH](CC(=O)O)C(=S)S. The largest absolute Gasteiger partial charge is 0.481 e. The third-order valence-corrected chi connectivity index (χ3v) is 4.39. The van der Waals surface area contributed by atoms with Crippen LogP contribution in [-0.4, -0.2) is 37.2 Å². The van der Waals surface area contributed by atoms with Gasteiger partial charge in [0.1, 0.15) is 0 Å². The molecule has 12 heavy (non-hydrogen) atoms. The van der Waals surface area contributed by atoms with Crippen LogP contribution in [0, 0.1) is 0 Å². The Morgan fingerprint density at radius 1 is 1.25 bits per heavy atom. The number of aliphatic carboxylic acids is 2. The summed E-state index contributed by atoms with van der Waals surface area (Å²) in [6, 6.07) is 0. The highest BCUT2D eigenvalue weighted by atomic mass is 32.3. The van der Waals surface area contributed by atoms with Crippen molar-refractivity contribution in [3.05, 3.63) is 0 Å². The number of carbonyl (C=O) groups is 2. The number of hydrogen-bond acceptors (Lipinski definition) is 3. The fourth-order valence-electron chi connectivity index (χ4n) is 0.518. The molecule has 0 aromatic heterocycles. The lowest BCUT2D eigenvalue weighted by Gasteiger charge is -2.13. The Labute approximate surface area is 82.7 Å². The van der Waals surface area contributed by atoms with Crippen LogP contribution in [0.5, 0.6) is 0 Å². The second kappa shape index (κ2) is 5.39. The molecule has 0 radical (unpaired) electrons. The topological polar surface area (TPSA) is 74.6 Å². The van der Waals surface area contributed by atoms with Crippen molar-refractivity contribution < 1.29 is 19.8 Å². The second-order valence-electron chi connectivity index (χ2n) is 1.93. The van der Waals surface area contributed by atoms with E-state index in [0.29, 0.717) is 0 Å². The minimum Gasteiger partial charge on any atom is -0.481 e.